The lowest BCUT2D eigenvalue weighted by Crippen LogP contribution is -1.93. The molecule has 3 heteroatoms. The van der Waals surface area contributed by atoms with Gasteiger partial charge < -0.3 is 9.73 Å². The Bertz CT molecular complexity index is 1520. The standard InChI is InChI=1S/C27H18N2O/c1-2-9-21-19(8-1)20(14-15-25(21)29-18-7-6-16-28-17-18)23-11-5-12-24-22-10-3-4-13-26(22)30-27(23)24/h1-17,29H. The van der Waals surface area contributed by atoms with E-state index in [0.29, 0.717) is 0 Å². The van der Waals surface area contributed by atoms with Crippen LogP contribution in [0.2, 0.25) is 0 Å². The molecule has 3 nitrogen and oxygen atoms in total. The van der Waals surface area contributed by atoms with Crippen LogP contribution in [0.1, 0.15) is 0 Å². The van der Waals surface area contributed by atoms with Gasteiger partial charge in [-0.25, -0.2) is 0 Å². The van der Waals surface area contributed by atoms with E-state index in [1.807, 2.05) is 30.5 Å². The Morgan fingerprint density at radius 3 is 2.27 bits per heavy atom. The van der Waals surface area contributed by atoms with E-state index < -0.39 is 0 Å². The fourth-order valence-corrected chi connectivity index (χ4v) is 4.19. The third kappa shape index (κ3) is 2.64. The van der Waals surface area contributed by atoms with Crippen molar-refractivity contribution in [3.8, 4) is 11.1 Å². The molecule has 0 aliphatic carbocycles. The molecule has 0 fully saturated rings. The average Bonchev–Trinajstić information content (AvgIpc) is 3.19. The van der Waals surface area contributed by atoms with Crippen molar-refractivity contribution in [1.82, 2.24) is 4.98 Å². The number of fused-ring (bicyclic) bond motifs is 4. The summed E-state index contributed by atoms with van der Waals surface area (Å²) in [4.78, 5) is 4.21. The Balaban J connectivity index is 1.58. The number of benzene rings is 4. The highest BCUT2D eigenvalue weighted by Gasteiger charge is 2.14. The highest BCUT2D eigenvalue weighted by molar-refractivity contribution is 6.13. The van der Waals surface area contributed by atoms with Crippen molar-refractivity contribution in [2.45, 2.75) is 0 Å². The zero-order chi connectivity index (χ0) is 19.9. The van der Waals surface area contributed by atoms with Crippen molar-refractivity contribution in [3.05, 3.63) is 103 Å². The van der Waals surface area contributed by atoms with Gasteiger partial charge in [-0.2, -0.15) is 0 Å². The molecule has 4 aromatic carbocycles. The molecule has 1 N–H and O–H groups in total. The SMILES string of the molecule is c1cncc(Nc2ccc(-c3cccc4c3oc3ccccc34)c3ccccc23)c1. The van der Waals surface area contributed by atoms with Crippen LogP contribution in [0.4, 0.5) is 11.4 Å². The average molecular weight is 386 g/mol. The number of hydrogen-bond donors (Lipinski definition) is 1. The first kappa shape index (κ1) is 16.8. The molecule has 0 aliphatic heterocycles. The van der Waals surface area contributed by atoms with Crippen LogP contribution in [-0.2, 0) is 0 Å². The lowest BCUT2D eigenvalue weighted by Gasteiger charge is -2.13. The maximum atomic E-state index is 6.29. The van der Waals surface area contributed by atoms with Crippen LogP contribution < -0.4 is 5.32 Å². The molecule has 0 amide bonds. The van der Waals surface area contributed by atoms with Crippen molar-refractivity contribution < 1.29 is 4.42 Å². The minimum atomic E-state index is 0.916. The molecule has 0 bridgehead atoms. The quantitative estimate of drug-likeness (QED) is 0.341. The zero-order valence-electron chi connectivity index (χ0n) is 16.2. The van der Waals surface area contributed by atoms with Crippen molar-refractivity contribution in [2.24, 2.45) is 0 Å². The van der Waals surface area contributed by atoms with Crippen molar-refractivity contribution >= 4 is 44.1 Å². The summed E-state index contributed by atoms with van der Waals surface area (Å²) in [6.45, 7) is 0. The molecule has 0 unspecified atom stereocenters. The fraction of sp³-hybridized carbons (Fsp3) is 0. The number of rotatable bonds is 3. The van der Waals surface area contributed by atoms with E-state index >= 15 is 0 Å². The number of aromatic nitrogens is 1. The van der Waals surface area contributed by atoms with Gasteiger partial charge in [0.25, 0.3) is 0 Å². The van der Waals surface area contributed by atoms with Gasteiger partial charge in [-0.1, -0.05) is 66.7 Å². The third-order valence-electron chi connectivity index (χ3n) is 5.56. The van der Waals surface area contributed by atoms with Crippen molar-refractivity contribution in [1.29, 1.82) is 0 Å². The molecule has 142 valence electrons. The van der Waals surface area contributed by atoms with E-state index in [-0.39, 0.29) is 0 Å². The summed E-state index contributed by atoms with van der Waals surface area (Å²) in [5.74, 6) is 0. The molecule has 30 heavy (non-hydrogen) atoms. The lowest BCUT2D eigenvalue weighted by atomic mass is 9.95. The molecule has 0 saturated heterocycles. The molecule has 2 aromatic heterocycles. The Morgan fingerprint density at radius 1 is 0.600 bits per heavy atom. The minimum absolute atomic E-state index is 0.916. The Morgan fingerprint density at radius 2 is 1.40 bits per heavy atom. The van der Waals surface area contributed by atoms with Crippen molar-refractivity contribution in [2.75, 3.05) is 5.32 Å². The van der Waals surface area contributed by atoms with Crippen LogP contribution in [0, 0.1) is 0 Å². The second-order valence-electron chi connectivity index (χ2n) is 7.35. The van der Waals surface area contributed by atoms with E-state index in [2.05, 4.69) is 77.0 Å². The van der Waals surface area contributed by atoms with Gasteiger partial charge in [-0.15, -0.1) is 0 Å². The number of furan rings is 1. The maximum Gasteiger partial charge on any atom is 0.143 e. The summed E-state index contributed by atoms with van der Waals surface area (Å²) >= 11 is 0. The predicted octanol–water partition coefficient (Wildman–Crippen LogP) is 7.54. The van der Waals surface area contributed by atoms with E-state index in [1.54, 1.807) is 6.20 Å². The fourth-order valence-electron chi connectivity index (χ4n) is 4.19. The molecule has 0 atom stereocenters. The highest BCUT2D eigenvalue weighted by Crippen LogP contribution is 2.40. The molecule has 0 spiro atoms. The smallest absolute Gasteiger partial charge is 0.143 e. The van der Waals surface area contributed by atoms with E-state index in [0.717, 1.165) is 49.8 Å². The first-order chi connectivity index (χ1) is 14.9. The number of nitrogens with one attached hydrogen (secondary N) is 1. The third-order valence-corrected chi connectivity index (χ3v) is 5.56. The topological polar surface area (TPSA) is 38.1 Å². The number of anilines is 2. The minimum Gasteiger partial charge on any atom is -0.455 e. The zero-order valence-corrected chi connectivity index (χ0v) is 16.2. The second-order valence-corrected chi connectivity index (χ2v) is 7.35. The molecular formula is C27H18N2O. The van der Waals surface area contributed by atoms with E-state index in [9.17, 15) is 0 Å². The van der Waals surface area contributed by atoms with Crippen LogP contribution in [-0.4, -0.2) is 4.98 Å². The van der Waals surface area contributed by atoms with Crippen molar-refractivity contribution in [3.63, 3.8) is 0 Å². The maximum absolute atomic E-state index is 6.29. The molecule has 6 aromatic rings. The molecule has 2 heterocycles. The Hall–Kier alpha value is -4.11. The molecule has 0 aliphatic rings. The van der Waals surface area contributed by atoms with Crippen LogP contribution in [0.25, 0.3) is 43.8 Å². The van der Waals surface area contributed by atoms with Gasteiger partial charge in [-0.3, -0.25) is 4.98 Å². The summed E-state index contributed by atoms with van der Waals surface area (Å²) in [6.07, 6.45) is 3.61. The number of hydrogen-bond acceptors (Lipinski definition) is 3. The largest absolute Gasteiger partial charge is 0.455 e. The summed E-state index contributed by atoms with van der Waals surface area (Å²) in [5, 5.41) is 8.13. The molecule has 0 saturated carbocycles. The normalized spacial score (nSPS) is 11.3. The van der Waals surface area contributed by atoms with Gasteiger partial charge in [0, 0.05) is 33.6 Å². The Kier molecular flexibility index (Phi) is 3.78. The Labute approximate surface area is 173 Å². The van der Waals surface area contributed by atoms with Gasteiger partial charge >= 0.3 is 0 Å². The number of pyridine rings is 1. The van der Waals surface area contributed by atoms with Crippen LogP contribution in [0.5, 0.6) is 0 Å². The monoisotopic (exact) mass is 386 g/mol. The first-order valence-corrected chi connectivity index (χ1v) is 9.98. The van der Waals surface area contributed by atoms with Crippen LogP contribution in [0.15, 0.2) is 108 Å². The molecular weight excluding hydrogens is 368 g/mol. The highest BCUT2D eigenvalue weighted by atomic mass is 16.3. The van der Waals surface area contributed by atoms with Gasteiger partial charge in [0.15, 0.2) is 0 Å². The lowest BCUT2D eigenvalue weighted by molar-refractivity contribution is 0.670. The summed E-state index contributed by atoms with van der Waals surface area (Å²) in [7, 11) is 0. The van der Waals surface area contributed by atoms with E-state index in [4.69, 9.17) is 4.42 Å². The van der Waals surface area contributed by atoms with Gasteiger partial charge in [0.05, 0.1) is 11.9 Å². The van der Waals surface area contributed by atoms with Gasteiger partial charge in [0.2, 0.25) is 0 Å². The van der Waals surface area contributed by atoms with Crippen LogP contribution >= 0.6 is 0 Å². The summed E-state index contributed by atoms with van der Waals surface area (Å²) < 4.78 is 6.29. The number of nitrogens with zero attached hydrogens (tertiary/aromatic N) is 1. The molecule has 0 radical (unpaired) electrons. The first-order valence-electron chi connectivity index (χ1n) is 9.98. The van der Waals surface area contributed by atoms with E-state index in [1.165, 1.54) is 5.39 Å². The second kappa shape index (κ2) is 6.75. The van der Waals surface area contributed by atoms with Gasteiger partial charge in [0.1, 0.15) is 11.2 Å². The predicted molar refractivity (Wildman–Crippen MR) is 124 cm³/mol. The summed E-state index contributed by atoms with van der Waals surface area (Å²) in [5.41, 5.74) is 6.13. The van der Waals surface area contributed by atoms with Crippen LogP contribution in [0.3, 0.4) is 0 Å². The van der Waals surface area contributed by atoms with Gasteiger partial charge in [-0.05, 0) is 35.2 Å². The summed E-state index contributed by atoms with van der Waals surface area (Å²) in [6, 6.07) is 31.3. The molecule has 6 rings (SSSR count). The number of para-hydroxylation sites is 2.